The molecule has 0 saturated carbocycles. The lowest BCUT2D eigenvalue weighted by Gasteiger charge is -2.14. The summed E-state index contributed by atoms with van der Waals surface area (Å²) < 4.78 is 10.6. The molecule has 106 valence electrons. The quantitative estimate of drug-likeness (QED) is 0.491. The predicted octanol–water partition coefficient (Wildman–Crippen LogP) is 1.56. The van der Waals surface area contributed by atoms with E-state index in [1.54, 1.807) is 26.6 Å². The fourth-order valence-electron chi connectivity index (χ4n) is 1.78. The number of guanidine groups is 1. The van der Waals surface area contributed by atoms with Crippen molar-refractivity contribution in [1.82, 2.24) is 15.3 Å². The van der Waals surface area contributed by atoms with E-state index in [2.05, 4.69) is 20.6 Å². The molecule has 0 amide bonds. The van der Waals surface area contributed by atoms with Crippen LogP contribution in [0.5, 0.6) is 11.5 Å². The summed E-state index contributed by atoms with van der Waals surface area (Å²) in [6, 6.07) is 5.56. The van der Waals surface area contributed by atoms with Gasteiger partial charge in [-0.25, -0.2) is 4.98 Å². The van der Waals surface area contributed by atoms with Crippen molar-refractivity contribution in [3.8, 4) is 11.5 Å². The van der Waals surface area contributed by atoms with Crippen molar-refractivity contribution >= 4 is 11.9 Å². The van der Waals surface area contributed by atoms with Crippen LogP contribution in [0.3, 0.4) is 0 Å². The summed E-state index contributed by atoms with van der Waals surface area (Å²) >= 11 is 0. The van der Waals surface area contributed by atoms with Gasteiger partial charge in [-0.2, -0.15) is 0 Å². The Balaban J connectivity index is 2.01. The van der Waals surface area contributed by atoms with Crippen molar-refractivity contribution in [3.05, 3.63) is 36.2 Å². The topological polar surface area (TPSA) is 95.1 Å². The summed E-state index contributed by atoms with van der Waals surface area (Å²) in [6.45, 7) is 0.403. The number of imidazole rings is 1. The van der Waals surface area contributed by atoms with Crippen LogP contribution >= 0.6 is 0 Å². The highest BCUT2D eigenvalue weighted by atomic mass is 16.5. The number of rotatable bonds is 5. The van der Waals surface area contributed by atoms with Crippen molar-refractivity contribution in [2.45, 2.75) is 6.54 Å². The highest BCUT2D eigenvalue weighted by Gasteiger charge is 2.10. The van der Waals surface area contributed by atoms with E-state index in [4.69, 9.17) is 14.9 Å². The van der Waals surface area contributed by atoms with Crippen LogP contribution in [-0.2, 0) is 6.54 Å². The molecule has 20 heavy (non-hydrogen) atoms. The molecule has 0 saturated heterocycles. The lowest BCUT2D eigenvalue weighted by Crippen LogP contribution is -2.29. The molecule has 0 spiro atoms. The zero-order valence-corrected chi connectivity index (χ0v) is 11.4. The lowest BCUT2D eigenvalue weighted by molar-refractivity contribution is 0.384. The Hall–Kier alpha value is -2.70. The molecule has 0 bridgehead atoms. The maximum atomic E-state index is 7.81. The van der Waals surface area contributed by atoms with Gasteiger partial charge >= 0.3 is 0 Å². The number of hydrogen-bond acceptors (Lipinski definition) is 4. The molecule has 1 aromatic heterocycles. The van der Waals surface area contributed by atoms with Gasteiger partial charge in [0, 0.05) is 12.4 Å². The number of methoxy groups -OCH3 is 2. The van der Waals surface area contributed by atoms with E-state index in [0.717, 1.165) is 5.56 Å². The molecule has 0 atom stereocenters. The maximum Gasteiger partial charge on any atom is 0.206 e. The minimum Gasteiger partial charge on any atom is -0.496 e. The van der Waals surface area contributed by atoms with E-state index in [0.29, 0.717) is 24.0 Å². The standard InChI is InChI=1S/C13H17N5O2/c1-19-10-4-3-5-11(20-2)9(10)8-17-12(14)18-13-15-6-7-16-13/h3-7H,8H2,1-2H3,(H4,14,15,16,17,18). The summed E-state index contributed by atoms with van der Waals surface area (Å²) in [6.07, 6.45) is 3.29. The number of H-pyrrole nitrogens is 1. The average molecular weight is 275 g/mol. The molecule has 0 fully saturated rings. The molecular formula is C13H17N5O2. The largest absolute Gasteiger partial charge is 0.496 e. The molecule has 1 aromatic carbocycles. The van der Waals surface area contributed by atoms with Gasteiger partial charge in [-0.3, -0.25) is 10.7 Å². The van der Waals surface area contributed by atoms with Crippen LogP contribution in [0.25, 0.3) is 0 Å². The fourth-order valence-corrected chi connectivity index (χ4v) is 1.78. The Morgan fingerprint density at radius 3 is 2.55 bits per heavy atom. The average Bonchev–Trinajstić information content (AvgIpc) is 2.97. The van der Waals surface area contributed by atoms with Gasteiger partial charge in [0.05, 0.1) is 26.3 Å². The Kier molecular flexibility index (Phi) is 4.43. The summed E-state index contributed by atoms with van der Waals surface area (Å²) in [5, 5.41) is 13.5. The highest BCUT2D eigenvalue weighted by Crippen LogP contribution is 2.27. The minimum absolute atomic E-state index is 0.132. The van der Waals surface area contributed by atoms with Gasteiger partial charge in [0.25, 0.3) is 0 Å². The summed E-state index contributed by atoms with van der Waals surface area (Å²) in [4.78, 5) is 6.84. The van der Waals surface area contributed by atoms with Gasteiger partial charge in [0.2, 0.25) is 5.95 Å². The number of aromatic amines is 1. The number of benzene rings is 1. The van der Waals surface area contributed by atoms with Crippen LogP contribution in [0, 0.1) is 5.41 Å². The molecule has 7 nitrogen and oxygen atoms in total. The van der Waals surface area contributed by atoms with Crippen molar-refractivity contribution in [2.75, 3.05) is 19.5 Å². The number of nitrogens with one attached hydrogen (secondary N) is 4. The van der Waals surface area contributed by atoms with E-state index in [9.17, 15) is 0 Å². The van der Waals surface area contributed by atoms with Gasteiger partial charge in [0.1, 0.15) is 11.5 Å². The van der Waals surface area contributed by atoms with Crippen molar-refractivity contribution < 1.29 is 9.47 Å². The third kappa shape index (κ3) is 3.19. The first-order chi connectivity index (χ1) is 9.74. The van der Waals surface area contributed by atoms with Crippen LogP contribution in [0.1, 0.15) is 5.56 Å². The molecule has 0 unspecified atom stereocenters. The van der Waals surface area contributed by atoms with E-state index >= 15 is 0 Å². The first-order valence-electron chi connectivity index (χ1n) is 6.03. The highest BCUT2D eigenvalue weighted by molar-refractivity contribution is 5.89. The lowest BCUT2D eigenvalue weighted by atomic mass is 10.1. The normalized spacial score (nSPS) is 9.90. The molecule has 0 aliphatic heterocycles. The van der Waals surface area contributed by atoms with Gasteiger partial charge in [0.15, 0.2) is 5.96 Å². The minimum atomic E-state index is 0.132. The van der Waals surface area contributed by atoms with Crippen LogP contribution in [0.15, 0.2) is 30.6 Å². The fraction of sp³-hybridized carbons (Fsp3) is 0.231. The number of ether oxygens (including phenoxy) is 2. The van der Waals surface area contributed by atoms with Crippen molar-refractivity contribution in [1.29, 1.82) is 5.41 Å². The molecular weight excluding hydrogens is 258 g/mol. The SMILES string of the molecule is COc1cccc(OC)c1CNC(=N)Nc1ncc[nH]1. The number of anilines is 1. The molecule has 1 heterocycles. The summed E-state index contributed by atoms with van der Waals surface area (Å²) in [5.41, 5.74) is 0.850. The molecule has 0 aliphatic rings. The van der Waals surface area contributed by atoms with E-state index in [1.165, 1.54) is 0 Å². The van der Waals surface area contributed by atoms with Gasteiger partial charge < -0.3 is 19.8 Å². The van der Waals surface area contributed by atoms with Gasteiger partial charge in [-0.05, 0) is 12.1 Å². The van der Waals surface area contributed by atoms with Crippen molar-refractivity contribution in [3.63, 3.8) is 0 Å². The number of hydrogen-bond donors (Lipinski definition) is 4. The van der Waals surface area contributed by atoms with Crippen LogP contribution in [0.2, 0.25) is 0 Å². The zero-order chi connectivity index (χ0) is 14.4. The Bertz CT molecular complexity index is 546. The molecule has 7 heteroatoms. The third-order valence-electron chi connectivity index (χ3n) is 2.71. The second-order valence-corrected chi connectivity index (χ2v) is 3.93. The monoisotopic (exact) mass is 275 g/mol. The van der Waals surface area contributed by atoms with Gasteiger partial charge in [-0.1, -0.05) is 6.07 Å². The second kappa shape index (κ2) is 6.46. The molecule has 2 aromatic rings. The molecule has 4 N–H and O–H groups in total. The molecule has 0 aliphatic carbocycles. The van der Waals surface area contributed by atoms with Crippen LogP contribution in [0.4, 0.5) is 5.95 Å². The number of nitrogens with zero attached hydrogens (tertiary/aromatic N) is 1. The maximum absolute atomic E-state index is 7.81. The van der Waals surface area contributed by atoms with E-state index in [-0.39, 0.29) is 5.96 Å². The second-order valence-electron chi connectivity index (χ2n) is 3.93. The van der Waals surface area contributed by atoms with Crippen molar-refractivity contribution in [2.24, 2.45) is 0 Å². The zero-order valence-electron chi connectivity index (χ0n) is 11.4. The van der Waals surface area contributed by atoms with E-state index in [1.807, 2.05) is 18.2 Å². The smallest absolute Gasteiger partial charge is 0.206 e. The Morgan fingerprint density at radius 1 is 1.30 bits per heavy atom. The first kappa shape index (κ1) is 13.7. The predicted molar refractivity (Wildman–Crippen MR) is 76.3 cm³/mol. The first-order valence-corrected chi connectivity index (χ1v) is 6.03. The van der Waals surface area contributed by atoms with Crippen LogP contribution < -0.4 is 20.1 Å². The number of aromatic nitrogens is 2. The molecule has 0 radical (unpaired) electrons. The van der Waals surface area contributed by atoms with Crippen LogP contribution in [-0.4, -0.2) is 30.1 Å². The van der Waals surface area contributed by atoms with E-state index < -0.39 is 0 Å². The summed E-state index contributed by atoms with van der Waals surface area (Å²) in [5.74, 6) is 2.06. The molecule has 2 rings (SSSR count). The Morgan fingerprint density at radius 2 is 2.00 bits per heavy atom. The summed E-state index contributed by atoms with van der Waals surface area (Å²) in [7, 11) is 3.20. The van der Waals surface area contributed by atoms with Gasteiger partial charge in [-0.15, -0.1) is 0 Å². The third-order valence-corrected chi connectivity index (χ3v) is 2.71. The Labute approximate surface area is 116 Å².